The van der Waals surface area contributed by atoms with E-state index >= 15 is 0 Å². The molecule has 1 atom stereocenters. The maximum atomic E-state index is 10.6. The van der Waals surface area contributed by atoms with Crippen LogP contribution in [0.15, 0.2) is 30.3 Å². The van der Waals surface area contributed by atoms with Gasteiger partial charge < -0.3 is 0 Å². The van der Waals surface area contributed by atoms with Gasteiger partial charge in [-0.15, -0.1) is 0 Å². The fourth-order valence-corrected chi connectivity index (χ4v) is 1.79. The minimum Gasteiger partial charge on any atom is -0.265 e. The maximum absolute atomic E-state index is 10.6. The Labute approximate surface area is 90.3 Å². The number of hydrogen-bond donors (Lipinski definition) is 0. The summed E-state index contributed by atoms with van der Waals surface area (Å²) in [4.78, 5) is 10.3. The van der Waals surface area contributed by atoms with Crippen molar-refractivity contribution in [1.29, 1.82) is 0 Å². The Balaban J connectivity index is 2.76. The van der Waals surface area contributed by atoms with Crippen LogP contribution in [0.25, 0.3) is 0 Å². The van der Waals surface area contributed by atoms with Crippen LogP contribution in [0, 0.1) is 16.0 Å². The molecule has 15 heavy (non-hydrogen) atoms. The molecule has 1 rings (SSSR count). The lowest BCUT2D eigenvalue weighted by atomic mass is 9.90. The Hall–Kier alpha value is -1.38. The zero-order chi connectivity index (χ0) is 11.3. The van der Waals surface area contributed by atoms with E-state index < -0.39 is 0 Å². The lowest BCUT2D eigenvalue weighted by molar-refractivity contribution is -0.483. The lowest BCUT2D eigenvalue weighted by Gasteiger charge is -2.15. The van der Waals surface area contributed by atoms with Crippen molar-refractivity contribution in [2.75, 3.05) is 6.54 Å². The van der Waals surface area contributed by atoms with Gasteiger partial charge in [-0.05, 0) is 17.9 Å². The third-order valence-electron chi connectivity index (χ3n) is 2.40. The van der Waals surface area contributed by atoms with Crippen LogP contribution in [0.3, 0.4) is 0 Å². The fraction of sp³-hybridized carbons (Fsp3) is 0.500. The summed E-state index contributed by atoms with van der Waals surface area (Å²) in [6, 6.07) is 9.74. The van der Waals surface area contributed by atoms with E-state index in [0.29, 0.717) is 5.92 Å². The first-order valence-corrected chi connectivity index (χ1v) is 5.26. The fourth-order valence-electron chi connectivity index (χ4n) is 1.79. The van der Waals surface area contributed by atoms with Crippen molar-refractivity contribution in [2.24, 2.45) is 5.92 Å². The van der Waals surface area contributed by atoms with Gasteiger partial charge in [-0.1, -0.05) is 44.2 Å². The molecule has 82 valence electrons. The molecule has 0 N–H and O–H groups in total. The zero-order valence-corrected chi connectivity index (χ0v) is 9.22. The molecule has 1 aromatic rings. The molecule has 0 radical (unpaired) electrons. The first-order valence-electron chi connectivity index (χ1n) is 5.26. The first kappa shape index (κ1) is 11.7. The van der Waals surface area contributed by atoms with Crippen molar-refractivity contribution >= 4 is 0 Å². The van der Waals surface area contributed by atoms with E-state index in [4.69, 9.17) is 0 Å². The van der Waals surface area contributed by atoms with Gasteiger partial charge in [0, 0.05) is 10.8 Å². The van der Waals surface area contributed by atoms with Crippen LogP contribution < -0.4 is 0 Å². The molecule has 0 amide bonds. The SMILES string of the molecule is CC(C)CC(C[N+](=O)[O-])c1ccccc1. The predicted molar refractivity (Wildman–Crippen MR) is 60.5 cm³/mol. The third kappa shape index (κ3) is 4.11. The minimum absolute atomic E-state index is 0.0300. The van der Waals surface area contributed by atoms with Crippen LogP contribution in [0.4, 0.5) is 0 Å². The average molecular weight is 207 g/mol. The van der Waals surface area contributed by atoms with Crippen molar-refractivity contribution < 1.29 is 4.92 Å². The molecule has 0 bridgehead atoms. The highest BCUT2D eigenvalue weighted by atomic mass is 16.6. The summed E-state index contributed by atoms with van der Waals surface area (Å²) >= 11 is 0. The second kappa shape index (κ2) is 5.49. The van der Waals surface area contributed by atoms with E-state index in [1.807, 2.05) is 30.3 Å². The molecule has 0 aromatic heterocycles. The Morgan fingerprint density at radius 3 is 2.33 bits per heavy atom. The van der Waals surface area contributed by atoms with Gasteiger partial charge in [0.15, 0.2) is 0 Å². The van der Waals surface area contributed by atoms with E-state index in [0.717, 1.165) is 12.0 Å². The minimum atomic E-state index is -0.222. The molecule has 0 spiro atoms. The van der Waals surface area contributed by atoms with Gasteiger partial charge in [0.1, 0.15) is 0 Å². The number of benzene rings is 1. The largest absolute Gasteiger partial charge is 0.265 e. The highest BCUT2D eigenvalue weighted by Crippen LogP contribution is 2.23. The molecule has 1 aromatic carbocycles. The average Bonchev–Trinajstić information content (AvgIpc) is 2.17. The van der Waals surface area contributed by atoms with Crippen LogP contribution >= 0.6 is 0 Å². The monoisotopic (exact) mass is 207 g/mol. The number of rotatable bonds is 5. The van der Waals surface area contributed by atoms with Gasteiger partial charge in [0.2, 0.25) is 6.54 Å². The smallest absolute Gasteiger partial charge is 0.210 e. The summed E-state index contributed by atoms with van der Waals surface area (Å²) in [7, 11) is 0. The van der Waals surface area contributed by atoms with Crippen molar-refractivity contribution in [2.45, 2.75) is 26.2 Å². The number of nitrogens with zero attached hydrogens (tertiary/aromatic N) is 1. The summed E-state index contributed by atoms with van der Waals surface area (Å²) < 4.78 is 0. The van der Waals surface area contributed by atoms with Crippen molar-refractivity contribution in [3.63, 3.8) is 0 Å². The van der Waals surface area contributed by atoms with E-state index in [1.54, 1.807) is 0 Å². The van der Waals surface area contributed by atoms with Crippen LogP contribution in [0.5, 0.6) is 0 Å². The van der Waals surface area contributed by atoms with Crippen LogP contribution in [0.2, 0.25) is 0 Å². The van der Waals surface area contributed by atoms with Crippen LogP contribution in [-0.2, 0) is 0 Å². The molecule has 0 aliphatic carbocycles. The summed E-state index contributed by atoms with van der Waals surface area (Å²) in [6.07, 6.45) is 0.866. The molecule has 1 unspecified atom stereocenters. The molecule has 3 nitrogen and oxygen atoms in total. The number of nitro groups is 1. The second-order valence-corrected chi connectivity index (χ2v) is 4.25. The van der Waals surface area contributed by atoms with Crippen molar-refractivity contribution in [3.8, 4) is 0 Å². The Kier molecular flexibility index (Phi) is 4.28. The Morgan fingerprint density at radius 2 is 1.87 bits per heavy atom. The van der Waals surface area contributed by atoms with Gasteiger partial charge in [0.25, 0.3) is 0 Å². The summed E-state index contributed by atoms with van der Waals surface area (Å²) in [5, 5.41) is 10.6. The zero-order valence-electron chi connectivity index (χ0n) is 9.22. The lowest BCUT2D eigenvalue weighted by Crippen LogP contribution is -2.14. The Bertz CT molecular complexity index is 309. The first-order chi connectivity index (χ1) is 7.09. The number of hydrogen-bond acceptors (Lipinski definition) is 2. The maximum Gasteiger partial charge on any atom is 0.210 e. The summed E-state index contributed by atoms with van der Waals surface area (Å²) in [5.74, 6) is 0.524. The summed E-state index contributed by atoms with van der Waals surface area (Å²) in [6.45, 7) is 4.22. The highest BCUT2D eigenvalue weighted by Gasteiger charge is 2.18. The molecular weight excluding hydrogens is 190 g/mol. The van der Waals surface area contributed by atoms with Gasteiger partial charge in [-0.2, -0.15) is 0 Å². The van der Waals surface area contributed by atoms with Gasteiger partial charge >= 0.3 is 0 Å². The standard InChI is InChI=1S/C12H17NO2/c1-10(2)8-12(9-13(14)15)11-6-4-3-5-7-11/h3-7,10,12H,8-9H2,1-2H3. The highest BCUT2D eigenvalue weighted by molar-refractivity contribution is 5.19. The van der Waals surface area contributed by atoms with Crippen LogP contribution in [0.1, 0.15) is 31.7 Å². The Morgan fingerprint density at radius 1 is 1.27 bits per heavy atom. The van der Waals surface area contributed by atoms with Crippen molar-refractivity contribution in [3.05, 3.63) is 46.0 Å². The molecule has 0 heterocycles. The second-order valence-electron chi connectivity index (χ2n) is 4.25. The molecule has 0 fully saturated rings. The van der Waals surface area contributed by atoms with Gasteiger partial charge in [0.05, 0.1) is 0 Å². The molecule has 0 saturated heterocycles. The van der Waals surface area contributed by atoms with Gasteiger partial charge in [-0.3, -0.25) is 10.1 Å². The summed E-state index contributed by atoms with van der Waals surface area (Å²) in [5.41, 5.74) is 1.07. The molecule has 3 heteroatoms. The van der Waals surface area contributed by atoms with Crippen LogP contribution in [-0.4, -0.2) is 11.5 Å². The molecule has 0 aliphatic heterocycles. The van der Waals surface area contributed by atoms with E-state index in [1.165, 1.54) is 0 Å². The van der Waals surface area contributed by atoms with E-state index in [-0.39, 0.29) is 17.4 Å². The third-order valence-corrected chi connectivity index (χ3v) is 2.40. The molecular formula is C12H17NO2. The molecule has 0 saturated carbocycles. The quantitative estimate of drug-likeness (QED) is 0.550. The molecule has 0 aliphatic rings. The topological polar surface area (TPSA) is 43.1 Å². The van der Waals surface area contributed by atoms with E-state index in [9.17, 15) is 10.1 Å². The van der Waals surface area contributed by atoms with E-state index in [2.05, 4.69) is 13.8 Å². The van der Waals surface area contributed by atoms with Crippen molar-refractivity contribution in [1.82, 2.24) is 0 Å². The normalized spacial score (nSPS) is 12.7. The van der Waals surface area contributed by atoms with Gasteiger partial charge in [-0.25, -0.2) is 0 Å². The predicted octanol–water partition coefficient (Wildman–Crippen LogP) is 3.09.